The molecule has 1 aliphatic rings. The third kappa shape index (κ3) is 2.63. The van der Waals surface area contributed by atoms with Gasteiger partial charge in [0, 0.05) is 17.5 Å². The summed E-state index contributed by atoms with van der Waals surface area (Å²) in [5, 5.41) is 0.788. The van der Waals surface area contributed by atoms with Gasteiger partial charge in [0.25, 0.3) is 0 Å². The average molecular weight is 278 g/mol. The molecule has 1 saturated carbocycles. The summed E-state index contributed by atoms with van der Waals surface area (Å²) in [7, 11) is 0. The van der Waals surface area contributed by atoms with Crippen LogP contribution in [0.5, 0.6) is 0 Å². The molecular weight excluding hydrogens is 258 g/mol. The highest BCUT2D eigenvalue weighted by Crippen LogP contribution is 2.39. The second-order valence-electron chi connectivity index (χ2n) is 5.64. The van der Waals surface area contributed by atoms with Gasteiger partial charge < -0.3 is 10.3 Å². The zero-order valence-corrected chi connectivity index (χ0v) is 12.0. The van der Waals surface area contributed by atoms with Crippen LogP contribution in [0.25, 0.3) is 11.0 Å². The lowest BCUT2D eigenvalue weighted by Gasteiger charge is -2.10. The molecule has 19 heavy (non-hydrogen) atoms. The summed E-state index contributed by atoms with van der Waals surface area (Å²) in [6.07, 6.45) is 4.62. The lowest BCUT2D eigenvalue weighted by Crippen LogP contribution is -2.12. The lowest BCUT2D eigenvalue weighted by molar-refractivity contribution is 0.525. The highest BCUT2D eigenvalue weighted by Gasteiger charge is 2.28. The Morgan fingerprint density at radius 3 is 2.95 bits per heavy atom. The summed E-state index contributed by atoms with van der Waals surface area (Å²) >= 11 is 6.12. The second kappa shape index (κ2) is 5.14. The minimum absolute atomic E-state index is 0.552. The number of hydrogen-bond donors (Lipinski definition) is 1. The topological polar surface area (TPSA) is 43.8 Å². The number of nitrogens with zero attached hydrogens (tertiary/aromatic N) is 2. The molecule has 1 aromatic heterocycles. The van der Waals surface area contributed by atoms with Crippen molar-refractivity contribution in [3.8, 4) is 0 Å². The van der Waals surface area contributed by atoms with Gasteiger partial charge in [0.05, 0.1) is 11.0 Å². The molecule has 0 bridgehead atoms. The van der Waals surface area contributed by atoms with Crippen LogP contribution in [0, 0.1) is 5.92 Å². The molecular formula is C15H20ClN3. The first-order valence-corrected chi connectivity index (χ1v) is 7.43. The Hall–Kier alpha value is -1.06. The number of rotatable bonds is 5. The van der Waals surface area contributed by atoms with Crippen LogP contribution in [0.15, 0.2) is 18.2 Å². The Morgan fingerprint density at radius 2 is 2.26 bits per heavy atom. The van der Waals surface area contributed by atoms with Crippen molar-refractivity contribution >= 4 is 22.6 Å². The maximum atomic E-state index is 6.12. The van der Waals surface area contributed by atoms with Crippen molar-refractivity contribution in [2.75, 3.05) is 6.54 Å². The number of nitrogens with two attached hydrogens (primary N) is 1. The third-order valence-corrected chi connectivity index (χ3v) is 4.13. The number of aromatic nitrogens is 2. The van der Waals surface area contributed by atoms with Crippen molar-refractivity contribution in [1.82, 2.24) is 9.55 Å². The predicted octanol–water partition coefficient (Wildman–Crippen LogP) is 3.55. The van der Waals surface area contributed by atoms with Crippen LogP contribution in [-0.4, -0.2) is 16.1 Å². The fraction of sp³-hybridized carbons (Fsp3) is 0.533. The molecule has 3 rings (SSSR count). The highest BCUT2D eigenvalue weighted by atomic mass is 35.5. The molecule has 4 heteroatoms. The average Bonchev–Trinajstić information content (AvgIpc) is 3.17. The van der Waals surface area contributed by atoms with Crippen LogP contribution in [0.3, 0.4) is 0 Å². The van der Waals surface area contributed by atoms with Gasteiger partial charge in [-0.1, -0.05) is 18.5 Å². The number of imidazole rings is 1. The molecule has 0 saturated heterocycles. The summed E-state index contributed by atoms with van der Waals surface area (Å²) in [6.45, 7) is 2.94. The summed E-state index contributed by atoms with van der Waals surface area (Å²) < 4.78 is 2.39. The SMILES string of the molecule is CC(CN)CCc1nc2ccc(Cl)cc2n1C1CC1. The summed E-state index contributed by atoms with van der Waals surface area (Å²) in [6, 6.07) is 6.61. The van der Waals surface area contributed by atoms with E-state index < -0.39 is 0 Å². The van der Waals surface area contributed by atoms with Crippen molar-refractivity contribution in [2.24, 2.45) is 11.7 Å². The summed E-state index contributed by atoms with van der Waals surface area (Å²) in [5.74, 6) is 1.75. The summed E-state index contributed by atoms with van der Waals surface area (Å²) in [5.41, 5.74) is 7.94. The van der Waals surface area contributed by atoms with Gasteiger partial charge in [-0.3, -0.25) is 0 Å². The molecule has 0 amide bonds. The molecule has 0 spiro atoms. The maximum absolute atomic E-state index is 6.12. The van der Waals surface area contributed by atoms with E-state index in [4.69, 9.17) is 22.3 Å². The van der Waals surface area contributed by atoms with E-state index in [1.807, 2.05) is 18.2 Å². The Morgan fingerprint density at radius 1 is 1.47 bits per heavy atom. The van der Waals surface area contributed by atoms with Crippen LogP contribution in [0.4, 0.5) is 0 Å². The van der Waals surface area contributed by atoms with E-state index in [0.717, 1.165) is 29.9 Å². The number of hydrogen-bond acceptors (Lipinski definition) is 2. The van der Waals surface area contributed by atoms with Gasteiger partial charge in [0.2, 0.25) is 0 Å². The van der Waals surface area contributed by atoms with Gasteiger partial charge in [-0.2, -0.15) is 0 Å². The molecule has 102 valence electrons. The van der Waals surface area contributed by atoms with Crippen molar-refractivity contribution in [2.45, 2.75) is 38.6 Å². The fourth-order valence-electron chi connectivity index (χ4n) is 2.53. The van der Waals surface area contributed by atoms with Gasteiger partial charge in [-0.05, 0) is 49.9 Å². The van der Waals surface area contributed by atoms with E-state index in [1.165, 1.54) is 24.2 Å². The fourth-order valence-corrected chi connectivity index (χ4v) is 2.69. The van der Waals surface area contributed by atoms with Gasteiger partial charge in [0.1, 0.15) is 5.82 Å². The van der Waals surface area contributed by atoms with Crippen molar-refractivity contribution < 1.29 is 0 Å². The normalized spacial score (nSPS) is 17.0. The molecule has 3 nitrogen and oxygen atoms in total. The number of fused-ring (bicyclic) bond motifs is 1. The van der Waals surface area contributed by atoms with Crippen LogP contribution in [0.1, 0.15) is 38.1 Å². The van der Waals surface area contributed by atoms with E-state index >= 15 is 0 Å². The minimum Gasteiger partial charge on any atom is -0.330 e. The van der Waals surface area contributed by atoms with Crippen molar-refractivity contribution in [1.29, 1.82) is 0 Å². The molecule has 0 radical (unpaired) electrons. The van der Waals surface area contributed by atoms with E-state index in [9.17, 15) is 0 Å². The first-order valence-electron chi connectivity index (χ1n) is 7.05. The Kier molecular flexibility index (Phi) is 3.50. The van der Waals surface area contributed by atoms with Crippen LogP contribution in [0.2, 0.25) is 5.02 Å². The Labute approximate surface area is 118 Å². The Bertz CT molecular complexity index is 586. The number of halogens is 1. The summed E-state index contributed by atoms with van der Waals surface area (Å²) in [4.78, 5) is 4.78. The van der Waals surface area contributed by atoms with E-state index in [1.54, 1.807) is 0 Å². The van der Waals surface area contributed by atoms with Gasteiger partial charge in [0.15, 0.2) is 0 Å². The zero-order chi connectivity index (χ0) is 13.4. The number of benzene rings is 1. The molecule has 2 aromatic rings. The third-order valence-electron chi connectivity index (χ3n) is 3.90. The molecule has 1 unspecified atom stereocenters. The first-order chi connectivity index (χ1) is 9.19. The molecule has 0 aliphatic heterocycles. The highest BCUT2D eigenvalue weighted by molar-refractivity contribution is 6.31. The second-order valence-corrected chi connectivity index (χ2v) is 6.08. The molecule has 1 aromatic carbocycles. The molecule has 1 aliphatic carbocycles. The van der Waals surface area contributed by atoms with Crippen molar-refractivity contribution in [3.63, 3.8) is 0 Å². The van der Waals surface area contributed by atoms with Crippen LogP contribution < -0.4 is 5.73 Å². The predicted molar refractivity (Wildman–Crippen MR) is 79.6 cm³/mol. The Balaban J connectivity index is 1.96. The zero-order valence-electron chi connectivity index (χ0n) is 11.3. The van der Waals surface area contributed by atoms with E-state index in [-0.39, 0.29) is 0 Å². The molecule has 1 atom stereocenters. The van der Waals surface area contributed by atoms with E-state index in [2.05, 4.69) is 11.5 Å². The van der Waals surface area contributed by atoms with E-state index in [0.29, 0.717) is 12.0 Å². The van der Waals surface area contributed by atoms with Gasteiger partial charge in [-0.25, -0.2) is 4.98 Å². The maximum Gasteiger partial charge on any atom is 0.110 e. The standard InChI is InChI=1S/C15H20ClN3/c1-10(9-17)2-7-15-18-13-6-3-11(16)8-14(13)19(15)12-4-5-12/h3,6,8,10,12H,2,4-5,7,9,17H2,1H3. The van der Waals surface area contributed by atoms with Gasteiger partial charge in [-0.15, -0.1) is 0 Å². The lowest BCUT2D eigenvalue weighted by atomic mass is 10.1. The number of aryl methyl sites for hydroxylation is 1. The molecule has 2 N–H and O–H groups in total. The van der Waals surface area contributed by atoms with Gasteiger partial charge >= 0.3 is 0 Å². The minimum atomic E-state index is 0.552. The largest absolute Gasteiger partial charge is 0.330 e. The van der Waals surface area contributed by atoms with Crippen LogP contribution in [-0.2, 0) is 6.42 Å². The molecule has 1 heterocycles. The smallest absolute Gasteiger partial charge is 0.110 e. The van der Waals surface area contributed by atoms with Crippen molar-refractivity contribution in [3.05, 3.63) is 29.0 Å². The first kappa shape index (κ1) is 12.9. The molecule has 1 fully saturated rings. The quantitative estimate of drug-likeness (QED) is 0.908. The van der Waals surface area contributed by atoms with Crippen LogP contribution >= 0.6 is 11.6 Å². The monoisotopic (exact) mass is 277 g/mol.